The van der Waals surface area contributed by atoms with Gasteiger partial charge in [-0.2, -0.15) is 0 Å². The maximum atomic E-state index is 13.0. The summed E-state index contributed by atoms with van der Waals surface area (Å²) in [4.78, 5) is 27.2. The molecule has 0 spiro atoms. The number of nitrogens with zero attached hydrogens (tertiary/aromatic N) is 1. The average molecular weight is 298 g/mol. The standard InChI is InChI=1S/C16H30N2O3/c1-7-16(8-2)15(20)18(10-12(5)21-6)13(9-11(3)4)14(19)17-16/h11-13H,7-10H2,1-6H3,(H,17,19). The van der Waals surface area contributed by atoms with Crippen molar-refractivity contribution in [2.45, 2.75) is 71.6 Å². The predicted molar refractivity (Wildman–Crippen MR) is 82.9 cm³/mol. The third-order valence-corrected chi connectivity index (χ3v) is 4.47. The zero-order valence-electron chi connectivity index (χ0n) is 14.2. The minimum Gasteiger partial charge on any atom is -0.380 e. The Morgan fingerprint density at radius 1 is 1.24 bits per heavy atom. The lowest BCUT2D eigenvalue weighted by atomic mass is 9.85. The number of piperazine rings is 1. The molecule has 1 heterocycles. The molecule has 0 aromatic rings. The number of nitrogens with one attached hydrogen (secondary N) is 1. The van der Waals surface area contributed by atoms with Crippen molar-refractivity contribution in [1.29, 1.82) is 0 Å². The summed E-state index contributed by atoms with van der Waals surface area (Å²) in [6, 6.07) is -0.388. The summed E-state index contributed by atoms with van der Waals surface area (Å²) >= 11 is 0. The summed E-state index contributed by atoms with van der Waals surface area (Å²) in [5.41, 5.74) is -0.752. The first-order chi connectivity index (χ1) is 9.81. The molecule has 122 valence electrons. The Hall–Kier alpha value is -1.10. The summed E-state index contributed by atoms with van der Waals surface area (Å²) < 4.78 is 5.30. The number of rotatable bonds is 7. The first-order valence-electron chi connectivity index (χ1n) is 7.97. The van der Waals surface area contributed by atoms with Crippen molar-refractivity contribution in [2.75, 3.05) is 13.7 Å². The molecule has 0 radical (unpaired) electrons. The largest absolute Gasteiger partial charge is 0.380 e. The van der Waals surface area contributed by atoms with Gasteiger partial charge in [0.2, 0.25) is 11.8 Å². The van der Waals surface area contributed by atoms with Gasteiger partial charge >= 0.3 is 0 Å². The molecule has 0 aliphatic carbocycles. The molecule has 1 saturated heterocycles. The maximum Gasteiger partial charge on any atom is 0.249 e. The molecule has 1 aliphatic heterocycles. The second-order valence-electron chi connectivity index (χ2n) is 6.43. The van der Waals surface area contributed by atoms with Crippen LogP contribution in [0, 0.1) is 5.92 Å². The molecule has 5 nitrogen and oxygen atoms in total. The van der Waals surface area contributed by atoms with Gasteiger partial charge in [-0.15, -0.1) is 0 Å². The Balaban J connectivity index is 3.10. The van der Waals surface area contributed by atoms with Crippen LogP contribution in [0.1, 0.15) is 53.9 Å². The van der Waals surface area contributed by atoms with Crippen molar-refractivity contribution in [2.24, 2.45) is 5.92 Å². The second kappa shape index (κ2) is 7.25. The van der Waals surface area contributed by atoms with Crippen molar-refractivity contribution < 1.29 is 14.3 Å². The van der Waals surface area contributed by atoms with E-state index in [1.54, 1.807) is 12.0 Å². The van der Waals surface area contributed by atoms with Crippen LogP contribution in [0.5, 0.6) is 0 Å². The Morgan fingerprint density at radius 3 is 2.24 bits per heavy atom. The van der Waals surface area contributed by atoms with E-state index < -0.39 is 5.54 Å². The highest BCUT2D eigenvalue weighted by molar-refractivity contribution is 5.99. The Bertz CT molecular complexity index is 378. The molecule has 2 unspecified atom stereocenters. The number of carbonyl (C=O) groups excluding carboxylic acids is 2. The minimum absolute atomic E-state index is 0.0293. The fourth-order valence-electron chi connectivity index (χ4n) is 2.90. The fraction of sp³-hybridized carbons (Fsp3) is 0.875. The van der Waals surface area contributed by atoms with Crippen LogP contribution in [0.2, 0.25) is 0 Å². The first kappa shape index (κ1) is 18.0. The molecule has 1 rings (SSSR count). The highest BCUT2D eigenvalue weighted by Gasteiger charge is 2.48. The summed E-state index contributed by atoms with van der Waals surface area (Å²) in [6.45, 7) is 10.4. The van der Waals surface area contributed by atoms with Crippen LogP contribution in [0.3, 0.4) is 0 Å². The molecule has 1 aliphatic rings. The van der Waals surface area contributed by atoms with Gasteiger partial charge in [-0.05, 0) is 32.1 Å². The number of amides is 2. The van der Waals surface area contributed by atoms with Gasteiger partial charge in [0.25, 0.3) is 0 Å². The van der Waals surface area contributed by atoms with Crippen molar-refractivity contribution >= 4 is 11.8 Å². The van der Waals surface area contributed by atoms with Crippen molar-refractivity contribution in [3.63, 3.8) is 0 Å². The van der Waals surface area contributed by atoms with Crippen molar-refractivity contribution in [3.8, 4) is 0 Å². The van der Waals surface area contributed by atoms with E-state index in [0.29, 0.717) is 31.7 Å². The van der Waals surface area contributed by atoms with Gasteiger partial charge in [-0.25, -0.2) is 0 Å². The third-order valence-electron chi connectivity index (χ3n) is 4.47. The smallest absolute Gasteiger partial charge is 0.249 e. The number of ether oxygens (including phenoxy) is 1. The monoisotopic (exact) mass is 298 g/mol. The predicted octanol–water partition coefficient (Wildman–Crippen LogP) is 1.95. The molecule has 0 aromatic carbocycles. The quantitative estimate of drug-likeness (QED) is 0.781. The molecule has 0 aromatic heterocycles. The highest BCUT2D eigenvalue weighted by atomic mass is 16.5. The van der Waals surface area contributed by atoms with Gasteiger partial charge in [0.05, 0.1) is 6.10 Å². The summed E-state index contributed by atoms with van der Waals surface area (Å²) in [5.74, 6) is 0.349. The van der Waals surface area contributed by atoms with E-state index >= 15 is 0 Å². The van der Waals surface area contributed by atoms with Crippen LogP contribution in [-0.4, -0.2) is 48.1 Å². The maximum absolute atomic E-state index is 13.0. The van der Waals surface area contributed by atoms with E-state index in [1.165, 1.54) is 0 Å². The van der Waals surface area contributed by atoms with E-state index in [1.807, 2.05) is 20.8 Å². The number of methoxy groups -OCH3 is 1. The van der Waals surface area contributed by atoms with Crippen LogP contribution in [-0.2, 0) is 14.3 Å². The Morgan fingerprint density at radius 2 is 1.81 bits per heavy atom. The lowest BCUT2D eigenvalue weighted by molar-refractivity contribution is -0.158. The van der Waals surface area contributed by atoms with Gasteiger partial charge in [0.1, 0.15) is 11.6 Å². The summed E-state index contributed by atoms with van der Waals surface area (Å²) in [5, 5.41) is 2.98. The lowest BCUT2D eigenvalue weighted by Crippen LogP contribution is -2.70. The topological polar surface area (TPSA) is 58.6 Å². The van der Waals surface area contributed by atoms with Crippen LogP contribution >= 0.6 is 0 Å². The normalized spacial score (nSPS) is 23.4. The van der Waals surface area contributed by atoms with Gasteiger partial charge < -0.3 is 15.0 Å². The highest BCUT2D eigenvalue weighted by Crippen LogP contribution is 2.27. The average Bonchev–Trinajstić information content (AvgIpc) is 2.45. The molecule has 21 heavy (non-hydrogen) atoms. The molecular formula is C16H30N2O3. The zero-order valence-corrected chi connectivity index (χ0v) is 14.2. The minimum atomic E-state index is -0.752. The lowest BCUT2D eigenvalue weighted by Gasteiger charge is -2.46. The first-order valence-corrected chi connectivity index (χ1v) is 7.97. The van der Waals surface area contributed by atoms with E-state index in [-0.39, 0.29) is 24.0 Å². The number of hydrogen-bond acceptors (Lipinski definition) is 3. The van der Waals surface area contributed by atoms with Gasteiger partial charge in [0, 0.05) is 13.7 Å². The summed E-state index contributed by atoms with van der Waals surface area (Å²) in [7, 11) is 1.63. The molecule has 5 heteroatoms. The third kappa shape index (κ3) is 3.76. The molecule has 0 saturated carbocycles. The molecule has 2 atom stereocenters. The molecule has 0 bridgehead atoms. The van der Waals surface area contributed by atoms with E-state index in [9.17, 15) is 9.59 Å². The molecule has 2 amide bonds. The molecule has 1 fully saturated rings. The van der Waals surface area contributed by atoms with E-state index in [0.717, 1.165) is 0 Å². The van der Waals surface area contributed by atoms with Gasteiger partial charge in [-0.1, -0.05) is 27.7 Å². The van der Waals surface area contributed by atoms with Gasteiger partial charge in [-0.3, -0.25) is 9.59 Å². The van der Waals surface area contributed by atoms with Crippen LogP contribution in [0.4, 0.5) is 0 Å². The van der Waals surface area contributed by atoms with Crippen molar-refractivity contribution in [3.05, 3.63) is 0 Å². The van der Waals surface area contributed by atoms with Crippen LogP contribution in [0.15, 0.2) is 0 Å². The fourth-order valence-corrected chi connectivity index (χ4v) is 2.90. The van der Waals surface area contributed by atoms with E-state index in [4.69, 9.17) is 4.74 Å². The molecule has 1 N–H and O–H groups in total. The second-order valence-corrected chi connectivity index (χ2v) is 6.43. The van der Waals surface area contributed by atoms with E-state index in [2.05, 4.69) is 19.2 Å². The van der Waals surface area contributed by atoms with Crippen LogP contribution in [0.25, 0.3) is 0 Å². The summed E-state index contributed by atoms with van der Waals surface area (Å²) in [6.07, 6.45) is 1.82. The Labute approximate surface area is 128 Å². The molecular weight excluding hydrogens is 268 g/mol. The zero-order chi connectivity index (χ0) is 16.2. The SMILES string of the molecule is CCC1(CC)NC(=O)C(CC(C)C)N(CC(C)OC)C1=O. The Kier molecular flexibility index (Phi) is 6.20. The van der Waals surface area contributed by atoms with Gasteiger partial charge in [0.15, 0.2) is 0 Å². The number of hydrogen-bond donors (Lipinski definition) is 1. The van der Waals surface area contributed by atoms with Crippen molar-refractivity contribution in [1.82, 2.24) is 10.2 Å². The van der Waals surface area contributed by atoms with Crippen LogP contribution < -0.4 is 5.32 Å². The number of carbonyl (C=O) groups is 2.